The summed E-state index contributed by atoms with van der Waals surface area (Å²) < 4.78 is 12.5. The van der Waals surface area contributed by atoms with Gasteiger partial charge in [0.1, 0.15) is 17.1 Å². The van der Waals surface area contributed by atoms with Crippen LogP contribution in [0.15, 0.2) is 60.0 Å². The Morgan fingerprint density at radius 2 is 1.80 bits per heavy atom. The first-order valence-electron chi connectivity index (χ1n) is 13.1. The van der Waals surface area contributed by atoms with Gasteiger partial charge in [0.2, 0.25) is 11.9 Å². The molecule has 1 saturated carbocycles. The van der Waals surface area contributed by atoms with Crippen molar-refractivity contribution in [1.29, 1.82) is 0 Å². The largest absolute Gasteiger partial charge is 0.495 e. The second-order valence-electron chi connectivity index (χ2n) is 9.74. The van der Waals surface area contributed by atoms with E-state index in [0.717, 1.165) is 12.1 Å². The zero-order valence-corrected chi connectivity index (χ0v) is 24.2. The molecule has 0 aliphatic heterocycles. The van der Waals surface area contributed by atoms with E-state index in [0.29, 0.717) is 58.6 Å². The first-order chi connectivity index (χ1) is 19.8. The fourth-order valence-electron chi connectivity index (χ4n) is 4.50. The molecule has 2 aromatic carbocycles. The number of fused-ring (bicyclic) bond motifs is 1. The maximum absolute atomic E-state index is 14.1. The number of benzene rings is 2. The van der Waals surface area contributed by atoms with Crippen molar-refractivity contribution in [3.63, 3.8) is 0 Å². The molecule has 41 heavy (non-hydrogen) atoms. The number of nitrogens with one attached hydrogen (secondary N) is 2. The van der Waals surface area contributed by atoms with Crippen molar-refractivity contribution in [2.45, 2.75) is 25.8 Å². The summed E-state index contributed by atoms with van der Waals surface area (Å²) in [6.07, 6.45) is 5.80. The van der Waals surface area contributed by atoms with Crippen molar-refractivity contribution in [2.24, 2.45) is 5.92 Å². The number of anilines is 2. The number of nitrogens with zero attached hydrogens (tertiary/aromatic N) is 3. The highest BCUT2D eigenvalue weighted by Crippen LogP contribution is 2.45. The number of rotatable bonds is 11. The van der Waals surface area contributed by atoms with E-state index in [1.807, 2.05) is 12.1 Å². The maximum atomic E-state index is 14.1. The molecule has 2 N–H and O–H groups in total. The lowest BCUT2D eigenvalue weighted by molar-refractivity contribution is -0.111. The summed E-state index contributed by atoms with van der Waals surface area (Å²) in [7, 11) is 2.96. The Kier molecular flexibility index (Phi) is 8.46. The number of ether oxygens (including phenoxy) is 2. The molecule has 0 radical (unpaired) electrons. The quantitative estimate of drug-likeness (QED) is 0.206. The molecule has 0 spiro atoms. The molecule has 4 aromatic rings. The molecule has 5 rings (SSSR count). The molecule has 1 amide bonds. The normalized spacial score (nSPS) is 12.7. The fourth-order valence-corrected chi connectivity index (χ4v) is 5.20. The molecule has 9 nitrogen and oxygen atoms in total. The molecular weight excluding hydrogens is 565 g/mol. The molecule has 2 aromatic heterocycles. The van der Waals surface area contributed by atoms with Crippen molar-refractivity contribution >= 4 is 51.8 Å². The first-order valence-corrected chi connectivity index (χ1v) is 13.9. The molecule has 212 valence electrons. The number of aryl methyl sites for hydroxylation is 2. The number of methoxy groups -OCH3 is 2. The van der Waals surface area contributed by atoms with E-state index in [1.54, 1.807) is 35.0 Å². The molecule has 1 aliphatic rings. The zero-order valence-electron chi connectivity index (χ0n) is 22.7. The van der Waals surface area contributed by atoms with Gasteiger partial charge in [-0.05, 0) is 55.0 Å². The maximum Gasteiger partial charge on any atom is 0.260 e. The molecular formula is C30H29Cl2N5O4. The van der Waals surface area contributed by atoms with Crippen molar-refractivity contribution in [2.75, 3.05) is 31.4 Å². The monoisotopic (exact) mass is 593 g/mol. The van der Waals surface area contributed by atoms with Gasteiger partial charge in [-0.25, -0.2) is 4.98 Å². The predicted molar refractivity (Wildman–Crippen MR) is 163 cm³/mol. The first kappa shape index (κ1) is 28.4. The van der Waals surface area contributed by atoms with Crippen LogP contribution < -0.4 is 25.7 Å². The van der Waals surface area contributed by atoms with Crippen LogP contribution in [0.25, 0.3) is 22.2 Å². The fraction of sp³-hybridized carbons (Fsp3) is 0.267. The number of aromatic nitrogens is 3. The van der Waals surface area contributed by atoms with Crippen molar-refractivity contribution in [3.8, 4) is 22.6 Å². The Balaban J connectivity index is 1.58. The summed E-state index contributed by atoms with van der Waals surface area (Å²) in [6, 6.07) is 10.7. The summed E-state index contributed by atoms with van der Waals surface area (Å²) in [5, 5.41) is 7.05. The van der Waals surface area contributed by atoms with E-state index < -0.39 is 0 Å². The minimum absolute atomic E-state index is 0.196. The number of halogens is 2. The number of amides is 1. The standard InChI is InChI=1S/C30H29Cl2N5O4/c1-4-24(38)35-20-9-7-17(8-10-20)11-12-37-28-19(16-34-30(36-28)33-15-18-5-6-18)13-21(29(37)39)25-26(31)22(40-2)14-23(41-3)27(25)32/h4,7-10,13-14,16,18H,1,5-6,11-12,15H2,2-3H3,(H,35,38)(H,33,34,36). The van der Waals surface area contributed by atoms with Gasteiger partial charge in [-0.15, -0.1) is 0 Å². The Hall–Kier alpha value is -4.08. The van der Waals surface area contributed by atoms with E-state index in [9.17, 15) is 9.59 Å². The predicted octanol–water partition coefficient (Wildman–Crippen LogP) is 5.97. The third-order valence-corrected chi connectivity index (χ3v) is 7.70. The van der Waals surface area contributed by atoms with Crippen LogP contribution in [0.1, 0.15) is 18.4 Å². The molecule has 0 atom stereocenters. The van der Waals surface area contributed by atoms with Crippen LogP contribution in [-0.4, -0.2) is 41.2 Å². The summed E-state index contributed by atoms with van der Waals surface area (Å²) in [5.74, 6) is 1.46. The van der Waals surface area contributed by atoms with Crippen LogP contribution in [0.4, 0.5) is 11.6 Å². The lowest BCUT2D eigenvalue weighted by atomic mass is 10.0. The second-order valence-corrected chi connectivity index (χ2v) is 10.5. The molecule has 1 fully saturated rings. The van der Waals surface area contributed by atoms with Gasteiger partial charge in [0.15, 0.2) is 0 Å². The van der Waals surface area contributed by atoms with E-state index in [4.69, 9.17) is 37.7 Å². The van der Waals surface area contributed by atoms with E-state index in [1.165, 1.54) is 33.1 Å². The number of hydrogen-bond acceptors (Lipinski definition) is 7. The highest BCUT2D eigenvalue weighted by molar-refractivity contribution is 6.41. The van der Waals surface area contributed by atoms with E-state index >= 15 is 0 Å². The highest BCUT2D eigenvalue weighted by Gasteiger charge is 2.24. The molecule has 0 bridgehead atoms. The summed E-state index contributed by atoms with van der Waals surface area (Å²) in [4.78, 5) is 35.0. The van der Waals surface area contributed by atoms with Crippen LogP contribution in [0.5, 0.6) is 11.5 Å². The Labute approximate surface area is 247 Å². The van der Waals surface area contributed by atoms with Gasteiger partial charge in [0.25, 0.3) is 5.56 Å². The number of carbonyl (C=O) groups excluding carboxylic acids is 1. The number of pyridine rings is 1. The SMILES string of the molecule is C=CC(=O)Nc1ccc(CCn2c(=O)c(-c3c(Cl)c(OC)cc(OC)c3Cl)cc3cnc(NCC4CC4)nc32)cc1. The molecule has 1 aliphatic carbocycles. The lowest BCUT2D eigenvalue weighted by Crippen LogP contribution is -2.24. The topological polar surface area (TPSA) is 107 Å². The molecule has 2 heterocycles. The van der Waals surface area contributed by atoms with Gasteiger partial charge in [0, 0.05) is 42.0 Å². The highest BCUT2D eigenvalue weighted by atomic mass is 35.5. The zero-order chi connectivity index (χ0) is 29.1. The third-order valence-electron chi connectivity index (χ3n) is 6.95. The van der Waals surface area contributed by atoms with Crippen molar-refractivity contribution < 1.29 is 14.3 Å². The van der Waals surface area contributed by atoms with Crippen molar-refractivity contribution in [3.05, 3.63) is 81.2 Å². The van der Waals surface area contributed by atoms with Gasteiger partial charge in [-0.2, -0.15) is 4.98 Å². The average molecular weight is 594 g/mol. The third kappa shape index (κ3) is 6.16. The molecule has 11 heteroatoms. The summed E-state index contributed by atoms with van der Waals surface area (Å²) >= 11 is 13.4. The number of hydrogen-bond donors (Lipinski definition) is 2. The van der Waals surface area contributed by atoms with Crippen LogP contribution in [0.3, 0.4) is 0 Å². The molecule has 0 unspecified atom stereocenters. The minimum atomic E-state index is -0.321. The van der Waals surface area contributed by atoms with Crippen LogP contribution in [0.2, 0.25) is 10.0 Å². The van der Waals surface area contributed by atoms with Gasteiger partial charge >= 0.3 is 0 Å². The average Bonchev–Trinajstić information content (AvgIpc) is 3.81. The van der Waals surface area contributed by atoms with Crippen LogP contribution in [0, 0.1) is 5.92 Å². The molecule has 0 saturated heterocycles. The van der Waals surface area contributed by atoms with Crippen LogP contribution >= 0.6 is 23.2 Å². The van der Waals surface area contributed by atoms with E-state index in [2.05, 4.69) is 22.2 Å². The number of carbonyl (C=O) groups is 1. The smallest absolute Gasteiger partial charge is 0.260 e. The van der Waals surface area contributed by atoms with Crippen molar-refractivity contribution in [1.82, 2.24) is 14.5 Å². The van der Waals surface area contributed by atoms with Crippen LogP contribution in [-0.2, 0) is 17.8 Å². The van der Waals surface area contributed by atoms with Gasteiger partial charge < -0.3 is 20.1 Å². The van der Waals surface area contributed by atoms with Gasteiger partial charge in [0.05, 0.1) is 29.8 Å². The Morgan fingerprint density at radius 1 is 1.12 bits per heavy atom. The van der Waals surface area contributed by atoms with Gasteiger partial charge in [-0.1, -0.05) is 41.9 Å². The minimum Gasteiger partial charge on any atom is -0.495 e. The summed E-state index contributed by atoms with van der Waals surface area (Å²) in [5.41, 5.74) is 2.37. The second kappa shape index (κ2) is 12.2. The van der Waals surface area contributed by atoms with Gasteiger partial charge in [-0.3, -0.25) is 14.2 Å². The Bertz CT molecular complexity index is 1660. The summed E-state index contributed by atoms with van der Waals surface area (Å²) in [6.45, 7) is 4.57. The lowest BCUT2D eigenvalue weighted by Gasteiger charge is -2.17. The van der Waals surface area contributed by atoms with E-state index in [-0.39, 0.29) is 27.1 Å². The Morgan fingerprint density at radius 3 is 2.41 bits per heavy atom.